The van der Waals surface area contributed by atoms with E-state index in [9.17, 15) is 4.79 Å². The van der Waals surface area contributed by atoms with Crippen molar-refractivity contribution in [3.63, 3.8) is 0 Å². The van der Waals surface area contributed by atoms with Gasteiger partial charge in [0.15, 0.2) is 0 Å². The van der Waals surface area contributed by atoms with Gasteiger partial charge in [-0.3, -0.25) is 4.79 Å². The molecular formula is C9H5BrN2OS. The Morgan fingerprint density at radius 3 is 2.93 bits per heavy atom. The standard InChI is InChI=1S/C9H5BrN2OS/c10-7-3-1-2-6(4-7)9(13)8-5-14-12-11-8/h1-5H. The SMILES string of the molecule is O=C(c1cccc(Br)c1)c1csnn1. The number of rotatable bonds is 2. The summed E-state index contributed by atoms with van der Waals surface area (Å²) in [6.45, 7) is 0. The summed E-state index contributed by atoms with van der Waals surface area (Å²) in [7, 11) is 0. The van der Waals surface area contributed by atoms with Crippen LogP contribution in [-0.2, 0) is 0 Å². The Kier molecular flexibility index (Phi) is 2.69. The first-order valence-corrected chi connectivity index (χ1v) is 5.47. The van der Waals surface area contributed by atoms with Crippen molar-refractivity contribution in [3.05, 3.63) is 45.4 Å². The van der Waals surface area contributed by atoms with E-state index in [-0.39, 0.29) is 5.78 Å². The molecule has 3 nitrogen and oxygen atoms in total. The number of carbonyl (C=O) groups is 1. The average Bonchev–Trinajstić information content (AvgIpc) is 2.69. The van der Waals surface area contributed by atoms with Gasteiger partial charge in [0.1, 0.15) is 5.69 Å². The highest BCUT2D eigenvalue weighted by Gasteiger charge is 2.11. The molecule has 1 heterocycles. The van der Waals surface area contributed by atoms with E-state index in [1.807, 2.05) is 12.1 Å². The Hall–Kier alpha value is -1.07. The maximum absolute atomic E-state index is 11.7. The molecule has 2 aromatic rings. The van der Waals surface area contributed by atoms with Crippen molar-refractivity contribution in [1.29, 1.82) is 0 Å². The summed E-state index contributed by atoms with van der Waals surface area (Å²) >= 11 is 4.48. The number of hydrogen-bond donors (Lipinski definition) is 0. The van der Waals surface area contributed by atoms with Gasteiger partial charge in [-0.25, -0.2) is 0 Å². The molecule has 0 aliphatic rings. The summed E-state index contributed by atoms with van der Waals surface area (Å²) in [5, 5.41) is 5.37. The Bertz CT molecular complexity index is 456. The highest BCUT2D eigenvalue weighted by atomic mass is 79.9. The van der Waals surface area contributed by atoms with Crippen LogP contribution in [0, 0.1) is 0 Å². The predicted molar refractivity (Wildman–Crippen MR) is 57.5 cm³/mol. The lowest BCUT2D eigenvalue weighted by Gasteiger charge is -1.96. The van der Waals surface area contributed by atoms with Crippen molar-refractivity contribution in [2.24, 2.45) is 0 Å². The van der Waals surface area contributed by atoms with Crippen LogP contribution in [0.1, 0.15) is 16.1 Å². The van der Waals surface area contributed by atoms with Gasteiger partial charge >= 0.3 is 0 Å². The van der Waals surface area contributed by atoms with Gasteiger partial charge in [-0.05, 0) is 23.7 Å². The second kappa shape index (κ2) is 3.98. The lowest BCUT2D eigenvalue weighted by molar-refractivity contribution is 0.103. The lowest BCUT2D eigenvalue weighted by Crippen LogP contribution is -2.01. The molecule has 2 rings (SSSR count). The van der Waals surface area contributed by atoms with E-state index in [1.165, 1.54) is 11.5 Å². The zero-order chi connectivity index (χ0) is 9.97. The van der Waals surface area contributed by atoms with Crippen LogP contribution >= 0.6 is 27.5 Å². The van der Waals surface area contributed by atoms with Crippen LogP contribution in [0.5, 0.6) is 0 Å². The minimum atomic E-state index is -0.0972. The Morgan fingerprint density at radius 1 is 1.43 bits per heavy atom. The summed E-state index contributed by atoms with van der Waals surface area (Å²) in [5.41, 5.74) is 1.01. The zero-order valence-corrected chi connectivity index (χ0v) is 9.38. The third-order valence-corrected chi connectivity index (χ3v) is 2.68. The van der Waals surface area contributed by atoms with E-state index in [0.717, 1.165) is 4.47 Å². The van der Waals surface area contributed by atoms with Crippen molar-refractivity contribution >= 4 is 33.2 Å². The fraction of sp³-hybridized carbons (Fsp3) is 0. The topological polar surface area (TPSA) is 42.9 Å². The second-order valence-corrected chi connectivity index (χ2v) is 4.16. The molecule has 0 spiro atoms. The first kappa shape index (κ1) is 9.48. The molecule has 0 atom stereocenters. The first-order chi connectivity index (χ1) is 6.77. The Morgan fingerprint density at radius 2 is 2.29 bits per heavy atom. The fourth-order valence-electron chi connectivity index (χ4n) is 1.04. The second-order valence-electron chi connectivity index (χ2n) is 2.63. The van der Waals surface area contributed by atoms with Crippen molar-refractivity contribution in [1.82, 2.24) is 9.59 Å². The third-order valence-electron chi connectivity index (χ3n) is 1.68. The summed E-state index contributed by atoms with van der Waals surface area (Å²) in [5.74, 6) is -0.0972. The monoisotopic (exact) mass is 268 g/mol. The molecule has 0 aliphatic carbocycles. The average molecular weight is 269 g/mol. The molecule has 0 unspecified atom stereocenters. The summed E-state index contributed by atoms with van der Waals surface area (Å²) in [6, 6.07) is 7.21. The van der Waals surface area contributed by atoms with E-state index < -0.39 is 0 Å². The number of benzene rings is 1. The summed E-state index contributed by atoms with van der Waals surface area (Å²) in [4.78, 5) is 11.7. The third kappa shape index (κ3) is 1.88. The quantitative estimate of drug-likeness (QED) is 0.787. The fourth-order valence-corrected chi connectivity index (χ4v) is 1.88. The minimum absolute atomic E-state index is 0.0972. The predicted octanol–water partition coefficient (Wildman–Crippen LogP) is 2.53. The molecular weight excluding hydrogens is 264 g/mol. The van der Waals surface area contributed by atoms with E-state index in [0.29, 0.717) is 11.3 Å². The van der Waals surface area contributed by atoms with Gasteiger partial charge in [0.25, 0.3) is 0 Å². The van der Waals surface area contributed by atoms with E-state index in [2.05, 4.69) is 25.5 Å². The van der Waals surface area contributed by atoms with E-state index in [1.54, 1.807) is 17.5 Å². The molecule has 5 heteroatoms. The summed E-state index contributed by atoms with van der Waals surface area (Å²) < 4.78 is 4.53. The van der Waals surface area contributed by atoms with E-state index >= 15 is 0 Å². The van der Waals surface area contributed by atoms with Crippen LogP contribution in [0.3, 0.4) is 0 Å². The van der Waals surface area contributed by atoms with Gasteiger partial charge < -0.3 is 0 Å². The smallest absolute Gasteiger partial charge is 0.214 e. The van der Waals surface area contributed by atoms with Crippen LogP contribution in [-0.4, -0.2) is 15.4 Å². The molecule has 0 aliphatic heterocycles. The largest absolute Gasteiger partial charge is 0.287 e. The molecule has 0 saturated heterocycles. The molecule has 0 radical (unpaired) electrons. The van der Waals surface area contributed by atoms with Crippen molar-refractivity contribution < 1.29 is 4.79 Å². The van der Waals surface area contributed by atoms with Crippen molar-refractivity contribution in [3.8, 4) is 0 Å². The molecule has 0 saturated carbocycles. The minimum Gasteiger partial charge on any atom is -0.287 e. The highest BCUT2D eigenvalue weighted by Crippen LogP contribution is 2.14. The molecule has 0 bridgehead atoms. The number of nitrogens with zero attached hydrogens (tertiary/aromatic N) is 2. The Balaban J connectivity index is 2.37. The summed E-state index contributed by atoms with van der Waals surface area (Å²) in [6.07, 6.45) is 0. The molecule has 0 fully saturated rings. The molecule has 70 valence electrons. The van der Waals surface area contributed by atoms with Gasteiger partial charge in [0.05, 0.1) is 0 Å². The van der Waals surface area contributed by atoms with Crippen LogP contribution in [0.15, 0.2) is 34.1 Å². The molecule has 1 aromatic carbocycles. The van der Waals surface area contributed by atoms with Crippen LogP contribution in [0.2, 0.25) is 0 Å². The lowest BCUT2D eigenvalue weighted by atomic mass is 10.1. The van der Waals surface area contributed by atoms with Crippen LogP contribution < -0.4 is 0 Å². The van der Waals surface area contributed by atoms with Gasteiger partial charge in [0, 0.05) is 15.4 Å². The van der Waals surface area contributed by atoms with Gasteiger partial charge in [0.2, 0.25) is 5.78 Å². The molecule has 1 aromatic heterocycles. The van der Waals surface area contributed by atoms with Crippen LogP contribution in [0.4, 0.5) is 0 Å². The maximum atomic E-state index is 11.7. The number of halogens is 1. The van der Waals surface area contributed by atoms with Gasteiger partial charge in [-0.15, -0.1) is 5.10 Å². The van der Waals surface area contributed by atoms with Gasteiger partial charge in [-0.1, -0.05) is 32.6 Å². The van der Waals surface area contributed by atoms with E-state index in [4.69, 9.17) is 0 Å². The molecule has 14 heavy (non-hydrogen) atoms. The number of hydrogen-bond acceptors (Lipinski definition) is 4. The Labute approximate surface area is 93.1 Å². The van der Waals surface area contributed by atoms with Crippen molar-refractivity contribution in [2.45, 2.75) is 0 Å². The normalized spacial score (nSPS) is 10.1. The molecule has 0 N–H and O–H groups in total. The zero-order valence-electron chi connectivity index (χ0n) is 6.98. The van der Waals surface area contributed by atoms with Crippen LogP contribution in [0.25, 0.3) is 0 Å². The van der Waals surface area contributed by atoms with Gasteiger partial charge in [-0.2, -0.15) is 0 Å². The number of aromatic nitrogens is 2. The number of ketones is 1. The molecule has 0 amide bonds. The maximum Gasteiger partial charge on any atom is 0.214 e. The highest BCUT2D eigenvalue weighted by molar-refractivity contribution is 9.10. The van der Waals surface area contributed by atoms with Crippen molar-refractivity contribution in [2.75, 3.05) is 0 Å². The number of carbonyl (C=O) groups excluding carboxylic acids is 1. The first-order valence-electron chi connectivity index (χ1n) is 3.85.